The van der Waals surface area contributed by atoms with E-state index >= 15 is 0 Å². The molecule has 2 aromatic carbocycles. The van der Waals surface area contributed by atoms with E-state index in [2.05, 4.69) is 10.6 Å². The van der Waals surface area contributed by atoms with Crippen molar-refractivity contribution >= 4 is 42.8 Å². The van der Waals surface area contributed by atoms with Crippen LogP contribution in [0.25, 0.3) is 0 Å². The zero-order valence-corrected chi connectivity index (χ0v) is 20.6. The lowest BCUT2D eigenvalue weighted by atomic mass is 10.1. The summed E-state index contributed by atoms with van der Waals surface area (Å²) in [5, 5.41) is 6.22. The fourth-order valence-corrected chi connectivity index (χ4v) is 6.40. The minimum Gasteiger partial charge on any atom is -0.384 e. The normalized spacial score (nSPS) is 17.6. The zero-order valence-electron chi connectivity index (χ0n) is 19.0. The summed E-state index contributed by atoms with van der Waals surface area (Å²) in [6, 6.07) is 13.2. The number of para-hydroxylation sites is 1. The van der Waals surface area contributed by atoms with Crippen molar-refractivity contribution in [2.24, 2.45) is 0 Å². The van der Waals surface area contributed by atoms with E-state index in [0.29, 0.717) is 30.0 Å². The molecule has 180 valence electrons. The Morgan fingerprint density at radius 1 is 1.06 bits per heavy atom. The number of hydrogen-bond acceptors (Lipinski definition) is 7. The van der Waals surface area contributed by atoms with Crippen LogP contribution in [-0.2, 0) is 24.7 Å². The van der Waals surface area contributed by atoms with Gasteiger partial charge in [0.05, 0.1) is 40.4 Å². The highest BCUT2D eigenvalue weighted by Gasteiger charge is 2.35. The molecule has 33 heavy (non-hydrogen) atoms. The Morgan fingerprint density at radius 2 is 1.76 bits per heavy atom. The molecule has 0 saturated carbocycles. The van der Waals surface area contributed by atoms with Crippen molar-refractivity contribution in [1.82, 2.24) is 4.31 Å². The Morgan fingerprint density at radius 3 is 2.33 bits per heavy atom. The molecule has 9 nitrogen and oxygen atoms in total. The molecule has 0 unspecified atom stereocenters. The Bertz CT molecular complexity index is 1200. The van der Waals surface area contributed by atoms with Gasteiger partial charge in [-0.15, -0.1) is 0 Å². The zero-order chi connectivity index (χ0) is 24.2. The number of benzene rings is 2. The third-order valence-corrected chi connectivity index (χ3v) is 9.00. The average molecular weight is 495 g/mol. The largest absolute Gasteiger partial charge is 0.384 e. The molecule has 1 amide bonds. The van der Waals surface area contributed by atoms with Crippen LogP contribution >= 0.6 is 0 Å². The summed E-state index contributed by atoms with van der Waals surface area (Å²) in [5.41, 5.74) is 1.76. The number of sulfonamides is 1. The van der Waals surface area contributed by atoms with Gasteiger partial charge in [-0.2, -0.15) is 0 Å². The van der Waals surface area contributed by atoms with E-state index in [0.717, 1.165) is 4.31 Å². The molecule has 0 aliphatic carbocycles. The molecule has 1 saturated heterocycles. The second-order valence-electron chi connectivity index (χ2n) is 8.03. The van der Waals surface area contributed by atoms with Crippen LogP contribution < -0.4 is 15.5 Å². The number of anilines is 3. The van der Waals surface area contributed by atoms with Gasteiger partial charge in [-0.3, -0.25) is 4.79 Å². The molecule has 1 atom stereocenters. The number of rotatable bonds is 9. The molecule has 3 rings (SSSR count). The van der Waals surface area contributed by atoms with Crippen molar-refractivity contribution in [3.8, 4) is 0 Å². The summed E-state index contributed by atoms with van der Waals surface area (Å²) >= 11 is 0. The van der Waals surface area contributed by atoms with Crippen LogP contribution in [0.3, 0.4) is 0 Å². The highest BCUT2D eigenvalue weighted by molar-refractivity contribution is 7.91. The number of amides is 1. The van der Waals surface area contributed by atoms with Gasteiger partial charge in [0, 0.05) is 26.3 Å². The maximum absolute atomic E-state index is 13.3. The topological polar surface area (TPSA) is 116 Å². The van der Waals surface area contributed by atoms with Gasteiger partial charge in [0.1, 0.15) is 0 Å². The standard InChI is InChI=1S/C22H30N4O5S2/c1-4-23-20-11-10-19(33(30,31)25(2)3)14-21(20)24-15-22(27)26(17-8-6-5-7-9-17)18-12-13-32(28,29)16-18/h5-11,14,18,23-24H,4,12-13,15-16H2,1-3H3/t18-/m0/s1. The lowest BCUT2D eigenvalue weighted by Crippen LogP contribution is -2.44. The quantitative estimate of drug-likeness (QED) is 0.548. The fraction of sp³-hybridized carbons (Fsp3) is 0.409. The summed E-state index contributed by atoms with van der Waals surface area (Å²) in [6.45, 7) is 2.39. The Hall–Kier alpha value is -2.63. The molecule has 1 aliphatic rings. The molecule has 2 N–H and O–H groups in total. The van der Waals surface area contributed by atoms with E-state index in [1.54, 1.807) is 30.3 Å². The van der Waals surface area contributed by atoms with E-state index in [4.69, 9.17) is 0 Å². The molecular formula is C22H30N4O5S2. The van der Waals surface area contributed by atoms with E-state index < -0.39 is 25.9 Å². The molecule has 1 aliphatic heterocycles. The molecule has 0 aromatic heterocycles. The Labute approximate surface area is 195 Å². The van der Waals surface area contributed by atoms with Crippen molar-refractivity contribution in [3.63, 3.8) is 0 Å². The Balaban J connectivity index is 1.88. The minimum atomic E-state index is -3.65. The first-order valence-electron chi connectivity index (χ1n) is 10.7. The van der Waals surface area contributed by atoms with Gasteiger partial charge in [0.25, 0.3) is 0 Å². The lowest BCUT2D eigenvalue weighted by Gasteiger charge is -2.29. The number of nitrogens with zero attached hydrogens (tertiary/aromatic N) is 2. The van der Waals surface area contributed by atoms with E-state index in [-0.39, 0.29) is 28.9 Å². The van der Waals surface area contributed by atoms with Crippen LogP contribution in [-0.4, -0.2) is 71.8 Å². The van der Waals surface area contributed by atoms with Crippen LogP contribution in [0.1, 0.15) is 13.3 Å². The minimum absolute atomic E-state index is 0.0523. The van der Waals surface area contributed by atoms with E-state index in [9.17, 15) is 21.6 Å². The number of hydrogen-bond donors (Lipinski definition) is 2. The fourth-order valence-electron chi connectivity index (χ4n) is 3.77. The predicted molar refractivity (Wildman–Crippen MR) is 131 cm³/mol. The second-order valence-corrected chi connectivity index (χ2v) is 12.4. The summed E-state index contributed by atoms with van der Waals surface area (Å²) in [6.07, 6.45) is 0.377. The molecule has 0 radical (unpaired) electrons. The van der Waals surface area contributed by atoms with Gasteiger partial charge in [0.15, 0.2) is 9.84 Å². The number of carbonyl (C=O) groups excluding carboxylic acids is 1. The molecule has 0 bridgehead atoms. The summed E-state index contributed by atoms with van der Waals surface area (Å²) in [7, 11) is -3.93. The first-order chi connectivity index (χ1) is 15.5. The maximum Gasteiger partial charge on any atom is 0.246 e. The average Bonchev–Trinajstić information content (AvgIpc) is 3.13. The molecule has 2 aromatic rings. The number of carbonyl (C=O) groups is 1. The van der Waals surface area contributed by atoms with Gasteiger partial charge >= 0.3 is 0 Å². The van der Waals surface area contributed by atoms with Crippen LogP contribution in [0.2, 0.25) is 0 Å². The monoisotopic (exact) mass is 494 g/mol. The summed E-state index contributed by atoms with van der Waals surface area (Å²) in [5.74, 6) is -0.324. The van der Waals surface area contributed by atoms with Crippen molar-refractivity contribution in [3.05, 3.63) is 48.5 Å². The summed E-state index contributed by atoms with van der Waals surface area (Å²) in [4.78, 5) is 14.9. The van der Waals surface area contributed by atoms with Crippen molar-refractivity contribution < 1.29 is 21.6 Å². The first kappa shape index (κ1) is 25.0. The third-order valence-electron chi connectivity index (χ3n) is 5.44. The Kier molecular flexibility index (Phi) is 7.65. The molecular weight excluding hydrogens is 464 g/mol. The highest BCUT2D eigenvalue weighted by atomic mass is 32.2. The smallest absolute Gasteiger partial charge is 0.246 e. The van der Waals surface area contributed by atoms with Gasteiger partial charge in [-0.1, -0.05) is 18.2 Å². The predicted octanol–water partition coefficient (Wildman–Crippen LogP) is 2.00. The number of sulfone groups is 1. The first-order valence-corrected chi connectivity index (χ1v) is 13.9. The van der Waals surface area contributed by atoms with Crippen molar-refractivity contribution in [1.29, 1.82) is 0 Å². The third kappa shape index (κ3) is 5.84. The summed E-state index contributed by atoms with van der Waals surface area (Å²) < 4.78 is 50.4. The van der Waals surface area contributed by atoms with Crippen molar-refractivity contribution in [2.75, 3.05) is 54.2 Å². The van der Waals surface area contributed by atoms with Crippen molar-refractivity contribution in [2.45, 2.75) is 24.3 Å². The van der Waals surface area contributed by atoms with Crippen LogP contribution in [0.4, 0.5) is 17.1 Å². The van der Waals surface area contributed by atoms with Crippen LogP contribution in [0, 0.1) is 0 Å². The number of nitrogens with one attached hydrogen (secondary N) is 2. The van der Waals surface area contributed by atoms with Crippen LogP contribution in [0.15, 0.2) is 53.4 Å². The lowest BCUT2D eigenvalue weighted by molar-refractivity contribution is -0.117. The van der Waals surface area contributed by atoms with Gasteiger partial charge in [-0.05, 0) is 43.7 Å². The second kappa shape index (κ2) is 10.1. The van der Waals surface area contributed by atoms with Gasteiger partial charge < -0.3 is 15.5 Å². The van der Waals surface area contributed by atoms with Gasteiger partial charge in [-0.25, -0.2) is 21.1 Å². The molecule has 1 fully saturated rings. The molecule has 11 heteroatoms. The van der Waals surface area contributed by atoms with Crippen LogP contribution in [0.5, 0.6) is 0 Å². The maximum atomic E-state index is 13.3. The molecule has 1 heterocycles. The highest BCUT2D eigenvalue weighted by Crippen LogP contribution is 2.28. The SMILES string of the molecule is CCNc1ccc(S(=O)(=O)N(C)C)cc1NCC(=O)N(c1ccccc1)[C@H]1CCS(=O)(=O)C1. The van der Waals surface area contributed by atoms with E-state index in [1.165, 1.54) is 31.1 Å². The van der Waals surface area contributed by atoms with E-state index in [1.807, 2.05) is 13.0 Å². The van der Waals surface area contributed by atoms with Gasteiger partial charge in [0.2, 0.25) is 15.9 Å². The molecule has 0 spiro atoms.